The fourth-order valence-corrected chi connectivity index (χ4v) is 0.725. The van der Waals surface area contributed by atoms with Gasteiger partial charge in [0, 0.05) is 5.56 Å². The zero-order chi connectivity index (χ0) is 10.2. The van der Waals surface area contributed by atoms with Crippen molar-refractivity contribution in [2.45, 2.75) is 6.61 Å². The molecule has 2 heterocycles. The third kappa shape index (κ3) is 3.28. The van der Waals surface area contributed by atoms with Crippen molar-refractivity contribution in [3.8, 4) is 0 Å². The third-order valence-electron chi connectivity index (χ3n) is 1.44. The Hall–Kier alpha value is -1.81. The van der Waals surface area contributed by atoms with Crippen molar-refractivity contribution in [3.63, 3.8) is 0 Å². The Morgan fingerprint density at radius 2 is 1.93 bits per heavy atom. The molecule has 2 rings (SSSR count). The van der Waals surface area contributed by atoms with E-state index in [4.69, 9.17) is 5.11 Å². The van der Waals surface area contributed by atoms with Crippen molar-refractivity contribution in [1.82, 2.24) is 0 Å². The average molecular weight is 194 g/mol. The largest absolute Gasteiger partial charge is 0.472 e. The zero-order valence-electron chi connectivity index (χ0n) is 7.42. The molecule has 0 saturated heterocycles. The quantitative estimate of drug-likeness (QED) is 0.741. The van der Waals surface area contributed by atoms with Gasteiger partial charge in [-0.3, -0.25) is 4.79 Å². The van der Waals surface area contributed by atoms with E-state index in [9.17, 15) is 4.79 Å². The van der Waals surface area contributed by atoms with Gasteiger partial charge in [-0.25, -0.2) is 0 Å². The first-order chi connectivity index (χ1) is 6.86. The van der Waals surface area contributed by atoms with Crippen LogP contribution in [0.2, 0.25) is 0 Å². The smallest absolute Gasteiger partial charge is 0.153 e. The number of aldehydes is 1. The summed E-state index contributed by atoms with van der Waals surface area (Å²) in [5, 5.41) is 8.37. The topological polar surface area (TPSA) is 63.6 Å². The average Bonchev–Trinajstić information content (AvgIpc) is 2.92. The Kier molecular flexibility index (Phi) is 4.23. The fourth-order valence-electron chi connectivity index (χ4n) is 0.725. The molecule has 0 saturated carbocycles. The van der Waals surface area contributed by atoms with E-state index in [0.717, 1.165) is 11.8 Å². The van der Waals surface area contributed by atoms with Crippen LogP contribution < -0.4 is 0 Å². The van der Waals surface area contributed by atoms with Gasteiger partial charge in [-0.2, -0.15) is 0 Å². The van der Waals surface area contributed by atoms with E-state index >= 15 is 0 Å². The van der Waals surface area contributed by atoms with Crippen molar-refractivity contribution >= 4 is 6.29 Å². The van der Waals surface area contributed by atoms with Gasteiger partial charge < -0.3 is 13.9 Å². The summed E-state index contributed by atoms with van der Waals surface area (Å²) in [5.41, 5.74) is 1.40. The first-order valence-corrected chi connectivity index (χ1v) is 3.96. The van der Waals surface area contributed by atoms with E-state index < -0.39 is 0 Å². The van der Waals surface area contributed by atoms with Crippen molar-refractivity contribution < 1.29 is 18.7 Å². The van der Waals surface area contributed by atoms with E-state index in [1.807, 2.05) is 0 Å². The molecule has 0 amide bonds. The van der Waals surface area contributed by atoms with Crippen LogP contribution in [0.1, 0.15) is 15.9 Å². The molecule has 0 bridgehead atoms. The van der Waals surface area contributed by atoms with Gasteiger partial charge in [0.25, 0.3) is 0 Å². The Morgan fingerprint density at radius 1 is 1.21 bits per heavy atom. The molecule has 4 heteroatoms. The van der Waals surface area contributed by atoms with E-state index in [1.165, 1.54) is 25.1 Å². The fraction of sp³-hybridized carbons (Fsp3) is 0.100. The zero-order valence-corrected chi connectivity index (χ0v) is 7.42. The molecule has 74 valence electrons. The van der Waals surface area contributed by atoms with Gasteiger partial charge in [-0.1, -0.05) is 0 Å². The molecule has 1 N–H and O–H groups in total. The summed E-state index contributed by atoms with van der Waals surface area (Å²) in [7, 11) is 0. The molecule has 0 aromatic carbocycles. The molecule has 2 aromatic rings. The third-order valence-corrected chi connectivity index (χ3v) is 1.44. The first kappa shape index (κ1) is 10.3. The van der Waals surface area contributed by atoms with Crippen molar-refractivity contribution in [2.75, 3.05) is 0 Å². The highest BCUT2D eigenvalue weighted by molar-refractivity contribution is 5.73. The van der Waals surface area contributed by atoms with E-state index in [-0.39, 0.29) is 6.61 Å². The molecule has 0 spiro atoms. The molecule has 4 nitrogen and oxygen atoms in total. The number of rotatable bonds is 2. The molecule has 14 heavy (non-hydrogen) atoms. The minimum Gasteiger partial charge on any atom is -0.472 e. The van der Waals surface area contributed by atoms with Gasteiger partial charge in [0.15, 0.2) is 6.29 Å². The normalized spacial score (nSPS) is 8.93. The summed E-state index contributed by atoms with van der Waals surface area (Å²) in [6.07, 6.45) is 6.64. The predicted octanol–water partition coefficient (Wildman–Crippen LogP) is 1.86. The highest BCUT2D eigenvalue weighted by Crippen LogP contribution is 1.96. The SMILES string of the molecule is O=Cc1ccoc1.OCc1ccoc1. The van der Waals surface area contributed by atoms with Gasteiger partial charge in [0.1, 0.15) is 6.26 Å². The second-order valence-corrected chi connectivity index (χ2v) is 2.46. The maximum Gasteiger partial charge on any atom is 0.153 e. The lowest BCUT2D eigenvalue weighted by molar-refractivity contribution is 0.112. The van der Waals surface area contributed by atoms with E-state index in [2.05, 4.69) is 8.83 Å². The van der Waals surface area contributed by atoms with Gasteiger partial charge in [-0.05, 0) is 12.1 Å². The number of hydrogen-bond donors (Lipinski definition) is 1. The van der Waals surface area contributed by atoms with Crippen molar-refractivity contribution in [1.29, 1.82) is 0 Å². The van der Waals surface area contributed by atoms with Crippen LogP contribution in [0, 0.1) is 0 Å². The van der Waals surface area contributed by atoms with Crippen LogP contribution in [-0.4, -0.2) is 11.4 Å². The number of carbonyl (C=O) groups excluding carboxylic acids is 1. The summed E-state index contributed by atoms with van der Waals surface area (Å²) in [6.45, 7) is 0.0660. The van der Waals surface area contributed by atoms with Crippen LogP contribution in [0.4, 0.5) is 0 Å². The van der Waals surface area contributed by atoms with Gasteiger partial charge >= 0.3 is 0 Å². The van der Waals surface area contributed by atoms with Crippen molar-refractivity contribution in [3.05, 3.63) is 48.3 Å². The molecular weight excluding hydrogens is 184 g/mol. The van der Waals surface area contributed by atoms with Gasteiger partial charge in [-0.15, -0.1) is 0 Å². The van der Waals surface area contributed by atoms with Crippen molar-refractivity contribution in [2.24, 2.45) is 0 Å². The maximum atomic E-state index is 9.81. The lowest BCUT2D eigenvalue weighted by Crippen LogP contribution is -1.72. The second-order valence-electron chi connectivity index (χ2n) is 2.46. The number of hydrogen-bond acceptors (Lipinski definition) is 4. The molecule has 0 aliphatic carbocycles. The minimum absolute atomic E-state index is 0.0660. The highest BCUT2D eigenvalue weighted by Gasteiger charge is 1.85. The predicted molar refractivity (Wildman–Crippen MR) is 48.7 cm³/mol. The van der Waals surface area contributed by atoms with Gasteiger partial charge in [0.2, 0.25) is 0 Å². The summed E-state index contributed by atoms with van der Waals surface area (Å²) in [6, 6.07) is 3.33. The number of carbonyl (C=O) groups is 1. The molecule has 0 unspecified atom stereocenters. The van der Waals surface area contributed by atoms with Gasteiger partial charge in [0.05, 0.1) is 31.0 Å². The standard InChI is InChI=1S/C5H6O2.C5H4O2/c2*6-3-5-1-2-7-4-5/h1-2,4,6H,3H2;1-4H. The Labute approximate surface area is 80.8 Å². The van der Waals surface area contributed by atoms with Crippen LogP contribution in [-0.2, 0) is 6.61 Å². The summed E-state index contributed by atoms with van der Waals surface area (Å²) < 4.78 is 9.22. The second kappa shape index (κ2) is 5.77. The van der Waals surface area contributed by atoms with E-state index in [0.29, 0.717) is 5.56 Å². The number of furan rings is 2. The van der Waals surface area contributed by atoms with Crippen LogP contribution in [0.15, 0.2) is 46.0 Å². The van der Waals surface area contributed by atoms with E-state index in [1.54, 1.807) is 12.1 Å². The Bertz CT molecular complexity index is 334. The maximum absolute atomic E-state index is 9.81. The molecule has 0 atom stereocenters. The Balaban J connectivity index is 0.000000140. The molecule has 0 aliphatic rings. The summed E-state index contributed by atoms with van der Waals surface area (Å²) in [4.78, 5) is 9.81. The summed E-state index contributed by atoms with van der Waals surface area (Å²) in [5.74, 6) is 0. The lowest BCUT2D eigenvalue weighted by Gasteiger charge is -1.77. The van der Waals surface area contributed by atoms with Crippen LogP contribution in [0.3, 0.4) is 0 Å². The molecule has 0 fully saturated rings. The molecular formula is C10H10O4. The van der Waals surface area contributed by atoms with Crippen LogP contribution >= 0.6 is 0 Å². The molecule has 2 aromatic heterocycles. The minimum atomic E-state index is 0.0660. The number of aliphatic hydroxyl groups excluding tert-OH is 1. The summed E-state index contributed by atoms with van der Waals surface area (Å²) >= 11 is 0. The van der Waals surface area contributed by atoms with Crippen LogP contribution in [0.5, 0.6) is 0 Å². The molecule has 0 radical (unpaired) electrons. The highest BCUT2D eigenvalue weighted by atomic mass is 16.3. The van der Waals surface area contributed by atoms with Crippen LogP contribution in [0.25, 0.3) is 0 Å². The first-order valence-electron chi connectivity index (χ1n) is 3.96. The lowest BCUT2D eigenvalue weighted by atomic mass is 10.4. The Morgan fingerprint density at radius 3 is 2.21 bits per heavy atom. The molecule has 0 aliphatic heterocycles. The monoisotopic (exact) mass is 194 g/mol. The number of aliphatic hydroxyl groups is 1.